The van der Waals surface area contributed by atoms with Gasteiger partial charge in [-0.25, -0.2) is 0 Å². The van der Waals surface area contributed by atoms with Gasteiger partial charge < -0.3 is 15.4 Å². The smallest absolute Gasteiger partial charge is 0.287 e. The Morgan fingerprint density at radius 3 is 2.82 bits per heavy atom. The molecule has 7 nitrogen and oxygen atoms in total. The number of hydrogen-bond acceptors (Lipinski definition) is 4. The molecule has 0 aliphatic rings. The van der Waals surface area contributed by atoms with E-state index in [1.165, 1.54) is 0 Å². The summed E-state index contributed by atoms with van der Waals surface area (Å²) in [5.41, 5.74) is -1.05. The van der Waals surface area contributed by atoms with E-state index in [0.29, 0.717) is 6.42 Å². The summed E-state index contributed by atoms with van der Waals surface area (Å²) in [6.45, 7) is 3.49. The largest absolute Gasteiger partial charge is 0.388 e. The van der Waals surface area contributed by atoms with Crippen LogP contribution in [0.5, 0.6) is 0 Å². The van der Waals surface area contributed by atoms with Gasteiger partial charge in [-0.1, -0.05) is 6.92 Å². The van der Waals surface area contributed by atoms with Crippen LogP contribution in [-0.4, -0.2) is 33.1 Å². The fraction of sp³-hybridized carbons (Fsp3) is 0.500. The van der Waals surface area contributed by atoms with Crippen molar-refractivity contribution in [3.05, 3.63) is 28.1 Å². The number of nitrogens with one attached hydrogen (secondary N) is 2. The zero-order valence-electron chi connectivity index (χ0n) is 9.69. The number of H-pyrrole nitrogens is 1. The number of aromatic nitrogens is 1. The van der Waals surface area contributed by atoms with Crippen molar-refractivity contribution >= 4 is 11.6 Å². The molecule has 0 fully saturated rings. The minimum atomic E-state index is -0.978. The summed E-state index contributed by atoms with van der Waals surface area (Å²) in [4.78, 5) is 23.9. The molecule has 1 unspecified atom stereocenters. The van der Waals surface area contributed by atoms with E-state index >= 15 is 0 Å². The van der Waals surface area contributed by atoms with Crippen LogP contribution in [0.3, 0.4) is 0 Å². The van der Waals surface area contributed by atoms with Crippen molar-refractivity contribution in [2.75, 3.05) is 6.54 Å². The second-order valence-corrected chi connectivity index (χ2v) is 4.06. The Balaban J connectivity index is 2.61. The maximum atomic E-state index is 11.6. The van der Waals surface area contributed by atoms with E-state index in [1.54, 1.807) is 13.8 Å². The van der Waals surface area contributed by atoms with Gasteiger partial charge >= 0.3 is 0 Å². The fourth-order valence-corrected chi connectivity index (χ4v) is 1.11. The van der Waals surface area contributed by atoms with Gasteiger partial charge in [-0.2, -0.15) is 0 Å². The van der Waals surface area contributed by atoms with E-state index in [2.05, 4.69) is 10.3 Å². The third-order valence-electron chi connectivity index (χ3n) is 2.51. The van der Waals surface area contributed by atoms with Crippen molar-refractivity contribution < 1.29 is 14.8 Å². The number of hydrogen-bond donors (Lipinski definition) is 3. The van der Waals surface area contributed by atoms with E-state index in [1.807, 2.05) is 0 Å². The van der Waals surface area contributed by atoms with Crippen LogP contribution in [0.4, 0.5) is 5.69 Å². The minimum absolute atomic E-state index is 0.0924. The number of aliphatic hydroxyl groups is 1. The highest BCUT2D eigenvalue weighted by atomic mass is 16.6. The monoisotopic (exact) mass is 241 g/mol. The summed E-state index contributed by atoms with van der Waals surface area (Å²) < 4.78 is 0. The van der Waals surface area contributed by atoms with E-state index in [-0.39, 0.29) is 17.9 Å². The lowest BCUT2D eigenvalue weighted by Crippen LogP contribution is -2.40. The quantitative estimate of drug-likeness (QED) is 0.523. The predicted molar refractivity (Wildman–Crippen MR) is 60.7 cm³/mol. The number of carbonyl (C=O) groups excluding carboxylic acids is 1. The molecule has 1 aromatic rings. The predicted octanol–water partition coefficient (Wildman–Crippen LogP) is 0.814. The summed E-state index contributed by atoms with van der Waals surface area (Å²) >= 11 is 0. The van der Waals surface area contributed by atoms with Gasteiger partial charge in [0.05, 0.1) is 16.7 Å². The highest BCUT2D eigenvalue weighted by Crippen LogP contribution is 2.12. The van der Waals surface area contributed by atoms with Crippen LogP contribution in [0.15, 0.2) is 12.3 Å². The summed E-state index contributed by atoms with van der Waals surface area (Å²) in [7, 11) is 0. The zero-order valence-corrected chi connectivity index (χ0v) is 9.69. The van der Waals surface area contributed by atoms with Gasteiger partial charge in [-0.15, -0.1) is 0 Å². The fourth-order valence-electron chi connectivity index (χ4n) is 1.11. The molecule has 1 aromatic heterocycles. The first-order chi connectivity index (χ1) is 7.85. The Hall–Kier alpha value is -1.89. The molecule has 0 bridgehead atoms. The molecule has 1 amide bonds. The van der Waals surface area contributed by atoms with Crippen molar-refractivity contribution in [1.82, 2.24) is 10.3 Å². The Morgan fingerprint density at radius 2 is 2.35 bits per heavy atom. The number of nitro groups is 1. The van der Waals surface area contributed by atoms with Crippen LogP contribution in [-0.2, 0) is 0 Å². The van der Waals surface area contributed by atoms with Crippen molar-refractivity contribution in [2.45, 2.75) is 25.9 Å². The van der Waals surface area contributed by atoms with Crippen LogP contribution in [0, 0.1) is 10.1 Å². The summed E-state index contributed by atoms with van der Waals surface area (Å²) in [6.07, 6.45) is 1.64. The SMILES string of the molecule is CCC(C)(O)CNC(=O)c1cc([N+](=O)[O-])c[nH]1. The topological polar surface area (TPSA) is 108 Å². The van der Waals surface area contributed by atoms with Gasteiger partial charge in [0.25, 0.3) is 11.6 Å². The average Bonchev–Trinajstić information content (AvgIpc) is 2.75. The zero-order chi connectivity index (χ0) is 13.1. The van der Waals surface area contributed by atoms with Crippen molar-refractivity contribution in [3.8, 4) is 0 Å². The van der Waals surface area contributed by atoms with Crippen LogP contribution in [0.25, 0.3) is 0 Å². The molecule has 0 aromatic carbocycles. The van der Waals surface area contributed by atoms with Gasteiger partial charge in [0.2, 0.25) is 0 Å². The molecular weight excluding hydrogens is 226 g/mol. The van der Waals surface area contributed by atoms with Crippen molar-refractivity contribution in [2.24, 2.45) is 0 Å². The Labute approximate surface area is 98.0 Å². The molecule has 0 spiro atoms. The molecule has 94 valence electrons. The Bertz CT molecular complexity index is 425. The van der Waals surface area contributed by atoms with E-state index in [9.17, 15) is 20.0 Å². The van der Waals surface area contributed by atoms with E-state index < -0.39 is 16.4 Å². The molecular formula is C10H15N3O4. The maximum absolute atomic E-state index is 11.6. The van der Waals surface area contributed by atoms with Gasteiger partial charge in [0.1, 0.15) is 5.69 Å². The summed E-state index contributed by atoms with van der Waals surface area (Å²) in [6, 6.07) is 1.15. The highest BCUT2D eigenvalue weighted by Gasteiger charge is 2.20. The van der Waals surface area contributed by atoms with Crippen molar-refractivity contribution in [3.63, 3.8) is 0 Å². The number of aromatic amines is 1. The number of nitrogens with zero attached hydrogens (tertiary/aromatic N) is 1. The molecule has 3 N–H and O–H groups in total. The lowest BCUT2D eigenvalue weighted by atomic mass is 10.0. The first-order valence-corrected chi connectivity index (χ1v) is 5.19. The van der Waals surface area contributed by atoms with Crippen LogP contribution in [0.1, 0.15) is 30.8 Å². The molecule has 0 aliphatic carbocycles. The lowest BCUT2D eigenvalue weighted by molar-refractivity contribution is -0.384. The first kappa shape index (κ1) is 13.2. The molecule has 0 saturated carbocycles. The molecule has 0 radical (unpaired) electrons. The number of carbonyl (C=O) groups is 1. The van der Waals surface area contributed by atoms with Crippen LogP contribution in [0.2, 0.25) is 0 Å². The molecule has 0 aliphatic heterocycles. The normalized spacial score (nSPS) is 14.1. The lowest BCUT2D eigenvalue weighted by Gasteiger charge is -2.21. The standard InChI is InChI=1S/C10H15N3O4/c1-3-10(2,15)6-12-9(14)8-4-7(5-11-8)13(16)17/h4-5,11,15H,3,6H2,1-2H3,(H,12,14). The van der Waals surface area contributed by atoms with E-state index in [4.69, 9.17) is 0 Å². The van der Waals surface area contributed by atoms with Gasteiger partial charge in [-0.3, -0.25) is 14.9 Å². The Kier molecular flexibility index (Phi) is 3.84. The molecule has 1 atom stereocenters. The summed E-state index contributed by atoms with van der Waals surface area (Å²) in [5.74, 6) is -0.480. The summed E-state index contributed by atoms with van der Waals surface area (Å²) in [5, 5.41) is 22.6. The number of rotatable bonds is 5. The van der Waals surface area contributed by atoms with Crippen molar-refractivity contribution in [1.29, 1.82) is 0 Å². The molecule has 1 rings (SSSR count). The van der Waals surface area contributed by atoms with E-state index in [0.717, 1.165) is 12.3 Å². The van der Waals surface area contributed by atoms with Crippen LogP contribution < -0.4 is 5.32 Å². The van der Waals surface area contributed by atoms with Crippen LogP contribution >= 0.6 is 0 Å². The second kappa shape index (κ2) is 4.96. The Morgan fingerprint density at radius 1 is 1.71 bits per heavy atom. The van der Waals surface area contributed by atoms with Gasteiger partial charge in [-0.05, 0) is 13.3 Å². The molecule has 1 heterocycles. The third kappa shape index (κ3) is 3.56. The number of amides is 1. The molecule has 7 heteroatoms. The molecule has 0 saturated heterocycles. The third-order valence-corrected chi connectivity index (χ3v) is 2.51. The highest BCUT2D eigenvalue weighted by molar-refractivity contribution is 5.93. The second-order valence-electron chi connectivity index (χ2n) is 4.06. The van der Waals surface area contributed by atoms with Gasteiger partial charge in [0, 0.05) is 12.6 Å². The minimum Gasteiger partial charge on any atom is -0.388 e. The first-order valence-electron chi connectivity index (χ1n) is 5.19. The molecule has 17 heavy (non-hydrogen) atoms. The maximum Gasteiger partial charge on any atom is 0.287 e. The average molecular weight is 241 g/mol. The van der Waals surface area contributed by atoms with Gasteiger partial charge in [0.15, 0.2) is 0 Å².